The second kappa shape index (κ2) is 6.74. The number of hydrogen-bond acceptors (Lipinski definition) is 6. The van der Waals surface area contributed by atoms with Gasteiger partial charge in [0.05, 0.1) is 37.7 Å². The van der Waals surface area contributed by atoms with Gasteiger partial charge in [-0.2, -0.15) is 5.10 Å². The van der Waals surface area contributed by atoms with Crippen molar-refractivity contribution in [2.45, 2.75) is 25.1 Å². The second-order valence-electron chi connectivity index (χ2n) is 6.00. The van der Waals surface area contributed by atoms with Crippen LogP contribution in [0.25, 0.3) is 0 Å². The molecule has 0 aliphatic carbocycles. The SMILES string of the molecule is Nc1cnn(CC(O)CN2CCC(N3CCOCC3)C2)c1. The van der Waals surface area contributed by atoms with E-state index >= 15 is 0 Å². The van der Waals surface area contributed by atoms with E-state index in [-0.39, 0.29) is 0 Å². The Morgan fingerprint density at radius 3 is 2.86 bits per heavy atom. The highest BCUT2D eigenvalue weighted by molar-refractivity contribution is 5.30. The minimum absolute atomic E-state index is 0.410. The van der Waals surface area contributed by atoms with Gasteiger partial charge in [0.2, 0.25) is 0 Å². The number of nitrogen functional groups attached to an aromatic ring is 1. The van der Waals surface area contributed by atoms with Crippen LogP contribution in [-0.4, -0.2) is 82.8 Å². The highest BCUT2D eigenvalue weighted by Gasteiger charge is 2.29. The highest BCUT2D eigenvalue weighted by atomic mass is 16.5. The summed E-state index contributed by atoms with van der Waals surface area (Å²) in [7, 11) is 0. The Balaban J connectivity index is 1.43. The molecule has 3 N–H and O–H groups in total. The van der Waals surface area contributed by atoms with Gasteiger partial charge in [0, 0.05) is 38.4 Å². The Hall–Kier alpha value is -1.15. The standard InChI is InChI=1S/C14H25N5O2/c15-12-7-16-19(8-12)11-14(20)10-17-2-1-13(9-17)18-3-5-21-6-4-18/h7-8,13-14,20H,1-6,9-11,15H2. The van der Waals surface area contributed by atoms with Crippen molar-refractivity contribution in [2.24, 2.45) is 0 Å². The molecule has 0 aromatic carbocycles. The van der Waals surface area contributed by atoms with E-state index in [1.54, 1.807) is 17.1 Å². The average Bonchev–Trinajstić information content (AvgIpc) is 3.09. The van der Waals surface area contributed by atoms with Crippen molar-refractivity contribution in [3.05, 3.63) is 12.4 Å². The third kappa shape index (κ3) is 3.94. The Bertz CT molecular complexity index is 446. The summed E-state index contributed by atoms with van der Waals surface area (Å²) in [5, 5.41) is 14.3. The summed E-state index contributed by atoms with van der Waals surface area (Å²) in [5.41, 5.74) is 6.26. The zero-order valence-corrected chi connectivity index (χ0v) is 12.4. The number of β-amino-alcohol motifs (C(OH)–C–C–N with tert-alkyl or cyclic N) is 1. The van der Waals surface area contributed by atoms with Gasteiger partial charge in [-0.15, -0.1) is 0 Å². The van der Waals surface area contributed by atoms with Crippen LogP contribution in [0.15, 0.2) is 12.4 Å². The number of aliphatic hydroxyl groups excluding tert-OH is 1. The first-order valence-corrected chi connectivity index (χ1v) is 7.71. The molecule has 2 fully saturated rings. The van der Waals surface area contributed by atoms with Crippen molar-refractivity contribution in [3.8, 4) is 0 Å². The molecule has 3 rings (SSSR count). The maximum absolute atomic E-state index is 10.2. The fourth-order valence-corrected chi connectivity index (χ4v) is 3.27. The average molecular weight is 295 g/mol. The number of anilines is 1. The van der Waals surface area contributed by atoms with Gasteiger partial charge in [-0.25, -0.2) is 0 Å². The highest BCUT2D eigenvalue weighted by Crippen LogP contribution is 2.17. The molecular formula is C14H25N5O2. The lowest BCUT2D eigenvalue weighted by molar-refractivity contribution is 0.0172. The minimum Gasteiger partial charge on any atom is -0.396 e. The van der Waals surface area contributed by atoms with Crippen LogP contribution in [0.1, 0.15) is 6.42 Å². The molecule has 1 aromatic rings. The third-order valence-corrected chi connectivity index (χ3v) is 4.33. The Morgan fingerprint density at radius 1 is 1.33 bits per heavy atom. The molecule has 2 atom stereocenters. The van der Waals surface area contributed by atoms with Gasteiger partial charge in [-0.05, 0) is 13.0 Å². The summed E-state index contributed by atoms with van der Waals surface area (Å²) in [4.78, 5) is 4.86. The molecule has 0 saturated carbocycles. The molecular weight excluding hydrogens is 270 g/mol. The zero-order valence-electron chi connectivity index (χ0n) is 12.4. The first kappa shape index (κ1) is 14.8. The van der Waals surface area contributed by atoms with E-state index in [0.29, 0.717) is 24.8 Å². The predicted octanol–water partition coefficient (Wildman–Crippen LogP) is -0.767. The van der Waals surface area contributed by atoms with Gasteiger partial charge in [0.25, 0.3) is 0 Å². The smallest absolute Gasteiger partial charge is 0.0862 e. The second-order valence-corrected chi connectivity index (χ2v) is 6.00. The molecule has 0 radical (unpaired) electrons. The number of nitrogens with two attached hydrogens (primary N) is 1. The van der Waals surface area contributed by atoms with Gasteiger partial charge in [0.15, 0.2) is 0 Å². The summed E-state index contributed by atoms with van der Waals surface area (Å²) in [6.45, 7) is 7.05. The maximum atomic E-state index is 10.2. The van der Waals surface area contributed by atoms with Crippen molar-refractivity contribution in [2.75, 3.05) is 51.7 Å². The largest absolute Gasteiger partial charge is 0.396 e. The topological polar surface area (TPSA) is 79.8 Å². The molecule has 2 aliphatic heterocycles. The minimum atomic E-state index is -0.410. The molecule has 0 spiro atoms. The monoisotopic (exact) mass is 295 g/mol. The summed E-state index contributed by atoms with van der Waals surface area (Å²) < 4.78 is 7.11. The fourth-order valence-electron chi connectivity index (χ4n) is 3.27. The summed E-state index contributed by atoms with van der Waals surface area (Å²) in [5.74, 6) is 0. The lowest BCUT2D eigenvalue weighted by atomic mass is 10.2. The summed E-state index contributed by atoms with van der Waals surface area (Å²) in [6, 6.07) is 0.612. The molecule has 2 unspecified atom stereocenters. The molecule has 2 saturated heterocycles. The number of morpholine rings is 1. The molecule has 2 aliphatic rings. The van der Waals surface area contributed by atoms with Crippen LogP contribution < -0.4 is 5.73 Å². The van der Waals surface area contributed by atoms with E-state index in [4.69, 9.17) is 10.5 Å². The van der Waals surface area contributed by atoms with Crippen LogP contribution in [0.5, 0.6) is 0 Å². The molecule has 3 heterocycles. The van der Waals surface area contributed by atoms with Crippen LogP contribution in [-0.2, 0) is 11.3 Å². The molecule has 0 amide bonds. The van der Waals surface area contributed by atoms with Gasteiger partial charge < -0.3 is 15.6 Å². The number of aliphatic hydroxyl groups is 1. The van der Waals surface area contributed by atoms with E-state index < -0.39 is 6.10 Å². The van der Waals surface area contributed by atoms with Gasteiger partial charge >= 0.3 is 0 Å². The van der Waals surface area contributed by atoms with Crippen molar-refractivity contribution in [1.29, 1.82) is 0 Å². The van der Waals surface area contributed by atoms with Crippen LogP contribution >= 0.6 is 0 Å². The Labute approximate surface area is 125 Å². The molecule has 1 aromatic heterocycles. The molecule has 118 valence electrons. The van der Waals surface area contributed by atoms with Crippen molar-refractivity contribution < 1.29 is 9.84 Å². The van der Waals surface area contributed by atoms with Crippen LogP contribution in [0.2, 0.25) is 0 Å². The van der Waals surface area contributed by atoms with Crippen LogP contribution in [0.4, 0.5) is 5.69 Å². The first-order valence-electron chi connectivity index (χ1n) is 7.71. The lowest BCUT2D eigenvalue weighted by Gasteiger charge is -2.32. The van der Waals surface area contributed by atoms with E-state index in [9.17, 15) is 5.11 Å². The van der Waals surface area contributed by atoms with Gasteiger partial charge in [-0.1, -0.05) is 0 Å². The van der Waals surface area contributed by atoms with Crippen molar-refractivity contribution in [3.63, 3.8) is 0 Å². The van der Waals surface area contributed by atoms with E-state index in [0.717, 1.165) is 39.4 Å². The Morgan fingerprint density at radius 2 is 2.14 bits per heavy atom. The Kier molecular flexibility index (Phi) is 4.74. The van der Waals surface area contributed by atoms with Gasteiger partial charge in [0.1, 0.15) is 0 Å². The number of hydrogen-bond donors (Lipinski definition) is 2. The van der Waals surface area contributed by atoms with E-state index in [1.807, 2.05) is 0 Å². The van der Waals surface area contributed by atoms with Crippen LogP contribution in [0, 0.1) is 0 Å². The van der Waals surface area contributed by atoms with Crippen molar-refractivity contribution >= 4 is 5.69 Å². The quantitative estimate of drug-likeness (QED) is 0.743. The molecule has 0 bridgehead atoms. The number of rotatable bonds is 5. The number of ether oxygens (including phenoxy) is 1. The zero-order chi connectivity index (χ0) is 14.7. The summed E-state index contributed by atoms with van der Waals surface area (Å²) >= 11 is 0. The summed E-state index contributed by atoms with van der Waals surface area (Å²) in [6.07, 6.45) is 4.13. The normalized spacial score (nSPS) is 26.2. The fraction of sp³-hybridized carbons (Fsp3) is 0.786. The number of aromatic nitrogens is 2. The van der Waals surface area contributed by atoms with Crippen molar-refractivity contribution in [1.82, 2.24) is 19.6 Å². The molecule has 7 heteroatoms. The number of likely N-dealkylation sites (tertiary alicyclic amines) is 1. The van der Waals surface area contributed by atoms with Gasteiger partial charge in [-0.3, -0.25) is 14.5 Å². The maximum Gasteiger partial charge on any atom is 0.0862 e. The molecule has 21 heavy (non-hydrogen) atoms. The predicted molar refractivity (Wildman–Crippen MR) is 79.9 cm³/mol. The lowest BCUT2D eigenvalue weighted by Crippen LogP contribution is -2.45. The van der Waals surface area contributed by atoms with E-state index in [1.165, 1.54) is 6.42 Å². The molecule has 7 nitrogen and oxygen atoms in total. The van der Waals surface area contributed by atoms with Crippen LogP contribution in [0.3, 0.4) is 0 Å². The number of nitrogens with zero attached hydrogens (tertiary/aromatic N) is 4. The van der Waals surface area contributed by atoms with E-state index in [2.05, 4.69) is 14.9 Å². The third-order valence-electron chi connectivity index (χ3n) is 4.33. The first-order chi connectivity index (χ1) is 10.2.